The molecule has 0 bridgehead atoms. The van der Waals surface area contributed by atoms with Gasteiger partial charge in [0.05, 0.1) is 14.7 Å². The van der Waals surface area contributed by atoms with E-state index >= 15 is 0 Å². The van der Waals surface area contributed by atoms with Gasteiger partial charge in [-0.1, -0.05) is 52.1 Å². The third-order valence-corrected chi connectivity index (χ3v) is 4.16. The van der Waals surface area contributed by atoms with E-state index in [1.165, 1.54) is 5.56 Å². The van der Waals surface area contributed by atoms with E-state index < -0.39 is 0 Å². The summed E-state index contributed by atoms with van der Waals surface area (Å²) in [5, 5.41) is 3.46. The number of anilines is 1. The number of nitrogens with one attached hydrogen (secondary N) is 1. The summed E-state index contributed by atoms with van der Waals surface area (Å²) < 4.78 is 1.73. The van der Waals surface area contributed by atoms with Crippen LogP contribution < -0.4 is 5.32 Å². The van der Waals surface area contributed by atoms with Crippen LogP contribution in [0.25, 0.3) is 0 Å². The van der Waals surface area contributed by atoms with Crippen molar-refractivity contribution < 1.29 is 0 Å². The Labute approximate surface area is 121 Å². The maximum atomic E-state index is 5.34. The van der Waals surface area contributed by atoms with Crippen molar-refractivity contribution in [3.8, 4) is 0 Å². The second kappa shape index (κ2) is 6.22. The number of hydrogen-bond acceptors (Lipinski definition) is 4. The van der Waals surface area contributed by atoms with E-state index in [1.807, 2.05) is 0 Å². The topological polar surface area (TPSA) is 15.3 Å². The second-order valence-electron chi connectivity index (χ2n) is 5.83. The molecule has 0 aliphatic carbocycles. The number of rotatable bonds is 6. The fourth-order valence-corrected chi connectivity index (χ4v) is 2.78. The first-order chi connectivity index (χ1) is 8.29. The predicted molar refractivity (Wildman–Crippen MR) is 85.5 cm³/mol. The van der Waals surface area contributed by atoms with Gasteiger partial charge in [0.2, 0.25) is 0 Å². The van der Waals surface area contributed by atoms with Gasteiger partial charge in [-0.25, -0.2) is 0 Å². The molecule has 0 unspecified atom stereocenters. The largest absolute Gasteiger partial charge is 0.384 e. The molecule has 0 spiro atoms. The average Bonchev–Trinajstić information content (AvgIpc) is 2.29. The van der Waals surface area contributed by atoms with Gasteiger partial charge >= 0.3 is 0 Å². The zero-order valence-corrected chi connectivity index (χ0v) is 13.7. The first-order valence-corrected chi connectivity index (χ1v) is 7.37. The Morgan fingerprint density at radius 2 is 1.78 bits per heavy atom. The van der Waals surface area contributed by atoms with Crippen molar-refractivity contribution in [1.29, 1.82) is 0 Å². The van der Waals surface area contributed by atoms with E-state index in [-0.39, 0.29) is 5.41 Å². The van der Waals surface area contributed by atoms with Crippen LogP contribution in [0, 0.1) is 9.02 Å². The lowest BCUT2D eigenvalue weighted by atomic mass is 9.83. The van der Waals surface area contributed by atoms with Gasteiger partial charge in [0.25, 0.3) is 0 Å². The van der Waals surface area contributed by atoms with Crippen molar-refractivity contribution in [3.63, 3.8) is 0 Å². The van der Waals surface area contributed by atoms with E-state index in [4.69, 9.17) is 24.4 Å². The molecule has 0 saturated carbocycles. The second-order valence-corrected chi connectivity index (χ2v) is 6.65. The molecule has 2 nitrogen and oxygen atoms in total. The van der Waals surface area contributed by atoms with Crippen molar-refractivity contribution in [2.45, 2.75) is 39.5 Å². The predicted octanol–water partition coefficient (Wildman–Crippen LogP) is 4.07. The van der Waals surface area contributed by atoms with Crippen LogP contribution >= 0.6 is 24.4 Å². The smallest absolute Gasteiger partial charge is 0.0796 e. The fourth-order valence-electron chi connectivity index (χ4n) is 2.00. The first-order valence-electron chi connectivity index (χ1n) is 6.55. The molecule has 1 rings (SSSR count). The Hall–Kier alpha value is -0.320. The Morgan fingerprint density at radius 1 is 1.17 bits per heavy atom. The van der Waals surface area contributed by atoms with E-state index in [0.717, 1.165) is 40.8 Å². The van der Waals surface area contributed by atoms with Gasteiger partial charge in [0.1, 0.15) is 0 Å². The molecule has 0 aliphatic heterocycles. The molecule has 0 heterocycles. The van der Waals surface area contributed by atoms with Crippen molar-refractivity contribution in [1.82, 2.24) is 4.90 Å². The molecule has 0 radical (unpaired) electrons. The van der Waals surface area contributed by atoms with E-state index in [0.29, 0.717) is 0 Å². The minimum Gasteiger partial charge on any atom is -0.384 e. The first kappa shape index (κ1) is 15.7. The number of hydrogen-bond donors (Lipinski definition) is 1. The molecule has 1 aromatic rings. The quantitative estimate of drug-likeness (QED) is 0.625. The lowest BCUT2D eigenvalue weighted by Crippen LogP contribution is -2.23. The fraction of sp³-hybridized carbons (Fsp3) is 0.714. The van der Waals surface area contributed by atoms with Crippen LogP contribution in [0.15, 0.2) is 0 Å². The highest BCUT2D eigenvalue weighted by Gasteiger charge is 2.25. The van der Waals surface area contributed by atoms with Crippen LogP contribution in [0.1, 0.15) is 39.7 Å². The molecular weight excluding hydrogens is 260 g/mol. The Morgan fingerprint density at radius 3 is 2.28 bits per heavy atom. The van der Waals surface area contributed by atoms with Crippen LogP contribution in [-0.4, -0.2) is 31.6 Å². The van der Waals surface area contributed by atoms with Gasteiger partial charge < -0.3 is 10.2 Å². The zero-order valence-electron chi connectivity index (χ0n) is 12.1. The maximum Gasteiger partial charge on any atom is 0.0796 e. The van der Waals surface area contributed by atoms with Gasteiger partial charge in [-0.05, 0) is 32.0 Å². The highest BCUT2D eigenvalue weighted by Crippen LogP contribution is 2.36. The van der Waals surface area contributed by atoms with Crippen molar-refractivity contribution in [3.05, 3.63) is 14.6 Å². The van der Waals surface area contributed by atoms with Crippen LogP contribution in [0.5, 0.6) is 0 Å². The van der Waals surface area contributed by atoms with Crippen molar-refractivity contribution in [2.75, 3.05) is 32.0 Å². The molecular formula is C14H24N2S2. The molecule has 0 saturated heterocycles. The van der Waals surface area contributed by atoms with Gasteiger partial charge in [-0.3, -0.25) is 0 Å². The summed E-state index contributed by atoms with van der Waals surface area (Å²) in [6, 6.07) is 0. The lowest BCUT2D eigenvalue weighted by Gasteiger charge is -2.27. The molecule has 0 aliphatic rings. The highest BCUT2D eigenvalue weighted by atomic mass is 32.1. The third-order valence-electron chi connectivity index (χ3n) is 3.22. The standard InChI is InChI=1S/C14H24N2S2/c1-6-16(5)9-7-8-15-11-10(14(2,3)4)12(17)13(11)18/h15H,6-9H2,1-5H3. The maximum absolute atomic E-state index is 5.34. The molecule has 0 aromatic heterocycles. The van der Waals surface area contributed by atoms with Crippen LogP contribution in [-0.2, 0) is 5.41 Å². The minimum atomic E-state index is 0.0853. The summed E-state index contributed by atoms with van der Waals surface area (Å²) in [7, 11) is 2.14. The van der Waals surface area contributed by atoms with Crippen molar-refractivity contribution in [2.24, 2.45) is 0 Å². The molecule has 4 heteroatoms. The van der Waals surface area contributed by atoms with E-state index in [1.54, 1.807) is 0 Å². The molecule has 1 N–H and O–H groups in total. The summed E-state index contributed by atoms with van der Waals surface area (Å²) in [5.41, 5.74) is 2.43. The van der Waals surface area contributed by atoms with Gasteiger partial charge in [-0.2, -0.15) is 0 Å². The molecule has 0 amide bonds. The van der Waals surface area contributed by atoms with E-state index in [2.05, 4.69) is 45.0 Å². The SMILES string of the molecule is CCN(C)CCCNc1c(C(C)(C)C)c(=S)c1=S. The minimum absolute atomic E-state index is 0.0853. The summed E-state index contributed by atoms with van der Waals surface area (Å²) in [4.78, 5) is 2.31. The van der Waals surface area contributed by atoms with Crippen molar-refractivity contribution >= 4 is 30.1 Å². The van der Waals surface area contributed by atoms with Gasteiger partial charge in [-0.15, -0.1) is 0 Å². The normalized spacial score (nSPS) is 12.3. The Kier molecular flexibility index (Phi) is 5.44. The Balaban J connectivity index is 2.57. The van der Waals surface area contributed by atoms with Crippen LogP contribution in [0.3, 0.4) is 0 Å². The molecule has 0 fully saturated rings. The lowest BCUT2D eigenvalue weighted by molar-refractivity contribution is 0.351. The molecule has 0 atom stereocenters. The summed E-state index contributed by atoms with van der Waals surface area (Å²) in [6.07, 6.45) is 1.13. The number of nitrogens with zero attached hydrogens (tertiary/aromatic N) is 1. The monoisotopic (exact) mass is 284 g/mol. The highest BCUT2D eigenvalue weighted by molar-refractivity contribution is 7.74. The van der Waals surface area contributed by atoms with Crippen LogP contribution in [0.2, 0.25) is 0 Å². The van der Waals surface area contributed by atoms with Gasteiger partial charge in [0.15, 0.2) is 0 Å². The van der Waals surface area contributed by atoms with Gasteiger partial charge in [0, 0.05) is 12.1 Å². The summed E-state index contributed by atoms with van der Waals surface area (Å²) in [5.74, 6) is 0. The zero-order chi connectivity index (χ0) is 13.9. The molecule has 1 aromatic carbocycles. The third kappa shape index (κ3) is 3.59. The average molecular weight is 284 g/mol. The molecule has 18 heavy (non-hydrogen) atoms. The summed E-state index contributed by atoms with van der Waals surface area (Å²) in [6.45, 7) is 11.9. The van der Waals surface area contributed by atoms with Crippen LogP contribution in [0.4, 0.5) is 5.69 Å². The summed E-state index contributed by atoms with van der Waals surface area (Å²) >= 11 is 10.7. The van der Waals surface area contributed by atoms with E-state index in [9.17, 15) is 0 Å². The Bertz CT molecular complexity index is 465. The molecule has 102 valence electrons.